The molecule has 92 valence electrons. The molecule has 0 unspecified atom stereocenters. The molecule has 0 fully saturated rings. The maximum absolute atomic E-state index is 12.9. The smallest absolute Gasteiger partial charge is 0.150 e. The quantitative estimate of drug-likeness (QED) is 0.799. The second kappa shape index (κ2) is 5.78. The van der Waals surface area contributed by atoms with Gasteiger partial charge in [0.05, 0.1) is 0 Å². The third kappa shape index (κ3) is 3.17. The van der Waals surface area contributed by atoms with Gasteiger partial charge in [0, 0.05) is 15.6 Å². The number of benzene rings is 2. The van der Waals surface area contributed by atoms with Crippen molar-refractivity contribution < 1.29 is 13.9 Å². The molecule has 2 nitrogen and oxygen atoms in total. The lowest BCUT2D eigenvalue weighted by atomic mass is 10.2. The van der Waals surface area contributed by atoms with Gasteiger partial charge in [0.2, 0.25) is 0 Å². The van der Waals surface area contributed by atoms with Gasteiger partial charge >= 0.3 is 0 Å². The van der Waals surface area contributed by atoms with Crippen molar-refractivity contribution in [2.45, 2.75) is 6.61 Å². The molecule has 0 radical (unpaired) electrons. The highest BCUT2D eigenvalue weighted by atomic mass is 79.9. The zero-order chi connectivity index (χ0) is 13.0. The number of rotatable bonds is 4. The van der Waals surface area contributed by atoms with E-state index < -0.39 is 0 Å². The summed E-state index contributed by atoms with van der Waals surface area (Å²) in [4.78, 5) is 10.6. The monoisotopic (exact) mass is 308 g/mol. The van der Waals surface area contributed by atoms with Gasteiger partial charge in [-0.2, -0.15) is 0 Å². The largest absolute Gasteiger partial charge is 0.489 e. The summed E-state index contributed by atoms with van der Waals surface area (Å²) in [5.41, 5.74) is 1.40. The third-order valence-electron chi connectivity index (χ3n) is 2.40. The molecule has 0 bridgehead atoms. The van der Waals surface area contributed by atoms with Gasteiger partial charge in [0.15, 0.2) is 0 Å². The van der Waals surface area contributed by atoms with Crippen LogP contribution in [-0.2, 0) is 6.61 Å². The molecule has 0 atom stereocenters. The minimum atomic E-state index is -0.298. The standard InChI is InChI=1S/C14H10BrFO2/c15-14-7-12(16)5-4-11(14)9-18-13-3-1-2-10(6-13)8-17/h1-8H,9H2. The summed E-state index contributed by atoms with van der Waals surface area (Å²) in [6.45, 7) is 0.309. The van der Waals surface area contributed by atoms with Crippen LogP contribution in [0.3, 0.4) is 0 Å². The van der Waals surface area contributed by atoms with Crippen molar-refractivity contribution in [3.05, 3.63) is 63.9 Å². The van der Waals surface area contributed by atoms with Crippen LogP contribution < -0.4 is 4.74 Å². The number of aldehydes is 1. The van der Waals surface area contributed by atoms with Gasteiger partial charge in [0.1, 0.15) is 24.5 Å². The molecule has 2 aromatic carbocycles. The maximum Gasteiger partial charge on any atom is 0.150 e. The molecule has 0 aliphatic heterocycles. The Kier molecular flexibility index (Phi) is 4.10. The molecule has 0 aliphatic rings. The van der Waals surface area contributed by atoms with Gasteiger partial charge in [-0.1, -0.05) is 34.1 Å². The lowest BCUT2D eigenvalue weighted by Crippen LogP contribution is -1.97. The molecule has 0 aliphatic carbocycles. The van der Waals surface area contributed by atoms with E-state index in [1.165, 1.54) is 12.1 Å². The SMILES string of the molecule is O=Cc1cccc(OCc2ccc(F)cc2Br)c1. The maximum atomic E-state index is 12.9. The van der Waals surface area contributed by atoms with Crippen LogP contribution in [0, 0.1) is 5.82 Å². The molecule has 0 saturated heterocycles. The summed E-state index contributed by atoms with van der Waals surface area (Å²) >= 11 is 3.27. The highest BCUT2D eigenvalue weighted by Gasteiger charge is 2.03. The minimum Gasteiger partial charge on any atom is -0.489 e. The first-order valence-electron chi connectivity index (χ1n) is 5.31. The number of carbonyl (C=O) groups is 1. The van der Waals surface area contributed by atoms with Crippen LogP contribution >= 0.6 is 15.9 Å². The van der Waals surface area contributed by atoms with Gasteiger partial charge < -0.3 is 4.74 Å². The lowest BCUT2D eigenvalue weighted by Gasteiger charge is -2.08. The number of hydrogen-bond donors (Lipinski definition) is 0. The first-order chi connectivity index (χ1) is 8.69. The fourth-order valence-electron chi connectivity index (χ4n) is 1.48. The van der Waals surface area contributed by atoms with Crippen LogP contribution in [0.2, 0.25) is 0 Å². The summed E-state index contributed by atoms with van der Waals surface area (Å²) in [6, 6.07) is 11.3. The third-order valence-corrected chi connectivity index (χ3v) is 3.14. The zero-order valence-electron chi connectivity index (χ0n) is 9.40. The van der Waals surface area contributed by atoms with Crippen LogP contribution in [0.4, 0.5) is 4.39 Å². The molecule has 2 aromatic rings. The molecule has 0 amide bonds. The van der Waals surface area contributed by atoms with Gasteiger partial charge in [-0.25, -0.2) is 4.39 Å². The van der Waals surface area contributed by atoms with E-state index in [-0.39, 0.29) is 5.82 Å². The van der Waals surface area contributed by atoms with Gasteiger partial charge in [-0.15, -0.1) is 0 Å². The number of carbonyl (C=O) groups excluding carboxylic acids is 1. The Labute approximate surface area is 113 Å². The second-order valence-electron chi connectivity index (χ2n) is 3.71. The number of hydrogen-bond acceptors (Lipinski definition) is 2. The van der Waals surface area contributed by atoms with E-state index >= 15 is 0 Å². The molecule has 0 heterocycles. The van der Waals surface area contributed by atoms with Crippen LogP contribution in [0.25, 0.3) is 0 Å². The van der Waals surface area contributed by atoms with E-state index in [4.69, 9.17) is 4.74 Å². The Morgan fingerprint density at radius 2 is 2.06 bits per heavy atom. The fourth-order valence-corrected chi connectivity index (χ4v) is 1.94. The fraction of sp³-hybridized carbons (Fsp3) is 0.0714. The Hall–Kier alpha value is -1.68. The van der Waals surface area contributed by atoms with Crippen molar-refractivity contribution in [2.24, 2.45) is 0 Å². The van der Waals surface area contributed by atoms with E-state index in [0.29, 0.717) is 22.4 Å². The normalized spacial score (nSPS) is 10.1. The minimum absolute atomic E-state index is 0.298. The summed E-state index contributed by atoms with van der Waals surface area (Å²) < 4.78 is 19.1. The molecular weight excluding hydrogens is 299 g/mol. The first-order valence-corrected chi connectivity index (χ1v) is 6.10. The Balaban J connectivity index is 2.08. The van der Waals surface area contributed by atoms with Crippen molar-refractivity contribution in [3.8, 4) is 5.75 Å². The average molecular weight is 309 g/mol. The van der Waals surface area contributed by atoms with E-state index in [0.717, 1.165) is 11.8 Å². The van der Waals surface area contributed by atoms with Crippen molar-refractivity contribution >= 4 is 22.2 Å². The lowest BCUT2D eigenvalue weighted by molar-refractivity contribution is 0.112. The van der Waals surface area contributed by atoms with Gasteiger partial charge in [0.25, 0.3) is 0 Å². The molecule has 2 rings (SSSR count). The van der Waals surface area contributed by atoms with E-state index in [1.54, 1.807) is 30.3 Å². The topological polar surface area (TPSA) is 26.3 Å². The number of ether oxygens (including phenoxy) is 1. The van der Waals surface area contributed by atoms with Crippen LogP contribution in [0.15, 0.2) is 46.9 Å². The van der Waals surface area contributed by atoms with E-state index in [1.807, 2.05) is 0 Å². The van der Waals surface area contributed by atoms with Crippen LogP contribution in [-0.4, -0.2) is 6.29 Å². The molecule has 0 N–H and O–H groups in total. The Bertz CT molecular complexity index is 569. The van der Waals surface area contributed by atoms with Gasteiger partial charge in [-0.05, 0) is 24.3 Å². The Morgan fingerprint density at radius 3 is 2.78 bits per heavy atom. The molecular formula is C14H10BrFO2. The average Bonchev–Trinajstić information content (AvgIpc) is 2.38. The van der Waals surface area contributed by atoms with Crippen LogP contribution in [0.1, 0.15) is 15.9 Å². The second-order valence-corrected chi connectivity index (χ2v) is 4.57. The molecule has 0 spiro atoms. The van der Waals surface area contributed by atoms with Gasteiger partial charge in [-0.3, -0.25) is 4.79 Å². The summed E-state index contributed by atoms with van der Waals surface area (Å²) in [5, 5.41) is 0. The summed E-state index contributed by atoms with van der Waals surface area (Å²) in [5.74, 6) is 0.310. The van der Waals surface area contributed by atoms with Crippen LogP contribution in [0.5, 0.6) is 5.75 Å². The molecule has 4 heteroatoms. The predicted molar refractivity (Wildman–Crippen MR) is 70.3 cm³/mol. The Morgan fingerprint density at radius 1 is 1.22 bits per heavy atom. The predicted octanol–water partition coefficient (Wildman–Crippen LogP) is 3.98. The first kappa shape index (κ1) is 12.8. The van der Waals surface area contributed by atoms with Crippen molar-refractivity contribution in [1.29, 1.82) is 0 Å². The van der Waals surface area contributed by atoms with E-state index in [2.05, 4.69) is 15.9 Å². The highest BCUT2D eigenvalue weighted by Crippen LogP contribution is 2.20. The molecule has 0 aromatic heterocycles. The molecule has 0 saturated carbocycles. The zero-order valence-corrected chi connectivity index (χ0v) is 11.0. The highest BCUT2D eigenvalue weighted by molar-refractivity contribution is 9.10. The summed E-state index contributed by atoms with van der Waals surface area (Å²) in [7, 11) is 0. The number of halogens is 2. The van der Waals surface area contributed by atoms with E-state index in [9.17, 15) is 9.18 Å². The van der Waals surface area contributed by atoms with Crippen molar-refractivity contribution in [2.75, 3.05) is 0 Å². The van der Waals surface area contributed by atoms with Crippen molar-refractivity contribution in [1.82, 2.24) is 0 Å². The summed E-state index contributed by atoms with van der Waals surface area (Å²) in [6.07, 6.45) is 0.765. The van der Waals surface area contributed by atoms with Crippen molar-refractivity contribution in [3.63, 3.8) is 0 Å². The molecule has 18 heavy (non-hydrogen) atoms.